The van der Waals surface area contributed by atoms with Crippen molar-refractivity contribution in [2.75, 3.05) is 7.05 Å². The average molecular weight is 475 g/mol. The number of para-hydroxylation sites is 1. The lowest BCUT2D eigenvalue weighted by atomic mass is 10.00. The Morgan fingerprint density at radius 2 is 1.71 bits per heavy atom. The summed E-state index contributed by atoms with van der Waals surface area (Å²) in [7, 11) is 1.62. The molecule has 0 radical (unpaired) electrons. The first kappa shape index (κ1) is 25.7. The summed E-state index contributed by atoms with van der Waals surface area (Å²) in [6, 6.07) is 16.1. The Morgan fingerprint density at radius 1 is 1.03 bits per heavy atom. The van der Waals surface area contributed by atoms with Crippen molar-refractivity contribution in [1.29, 1.82) is 0 Å². The number of fused-ring (bicyclic) bond motifs is 1. The van der Waals surface area contributed by atoms with Crippen LogP contribution in [0.4, 0.5) is 0 Å². The third-order valence-electron chi connectivity index (χ3n) is 5.88. The van der Waals surface area contributed by atoms with Crippen LogP contribution in [0.5, 0.6) is 0 Å². The van der Waals surface area contributed by atoms with Gasteiger partial charge in [-0.25, -0.2) is 0 Å². The molecule has 0 aliphatic carbocycles. The smallest absolute Gasteiger partial charge is 0.247 e. The largest absolute Gasteiger partial charge is 0.361 e. The number of hydrogen-bond acceptors (Lipinski definition) is 3. The third-order valence-corrected chi connectivity index (χ3v) is 5.88. The van der Waals surface area contributed by atoms with Crippen molar-refractivity contribution in [3.63, 3.8) is 0 Å². The van der Waals surface area contributed by atoms with Crippen molar-refractivity contribution in [2.24, 2.45) is 5.92 Å². The Morgan fingerprint density at radius 3 is 2.40 bits per heavy atom. The molecule has 1 aromatic heterocycles. The number of aromatic amines is 1. The van der Waals surface area contributed by atoms with Gasteiger partial charge in [0, 0.05) is 49.3 Å². The highest BCUT2D eigenvalue weighted by molar-refractivity contribution is 5.93. The van der Waals surface area contributed by atoms with E-state index in [0.29, 0.717) is 12.8 Å². The van der Waals surface area contributed by atoms with E-state index in [0.717, 1.165) is 22.0 Å². The molecule has 0 fully saturated rings. The van der Waals surface area contributed by atoms with E-state index in [4.69, 9.17) is 0 Å². The van der Waals surface area contributed by atoms with E-state index < -0.39 is 12.1 Å². The molecule has 3 amide bonds. The average Bonchev–Trinajstić information content (AvgIpc) is 3.24. The normalized spacial score (nSPS) is 13.1. The Balaban J connectivity index is 1.80. The Labute approximate surface area is 206 Å². The summed E-state index contributed by atoms with van der Waals surface area (Å²) in [4.78, 5) is 43.1. The van der Waals surface area contributed by atoms with Gasteiger partial charge in [0.25, 0.3) is 0 Å². The summed E-state index contributed by atoms with van der Waals surface area (Å²) >= 11 is 0. The van der Waals surface area contributed by atoms with Gasteiger partial charge >= 0.3 is 0 Å². The second-order valence-corrected chi connectivity index (χ2v) is 9.17. The fourth-order valence-corrected chi connectivity index (χ4v) is 4.12. The topological polar surface area (TPSA) is 94.3 Å². The van der Waals surface area contributed by atoms with Crippen LogP contribution >= 0.6 is 0 Å². The summed E-state index contributed by atoms with van der Waals surface area (Å²) < 4.78 is 0. The molecule has 0 saturated heterocycles. The minimum atomic E-state index is -0.749. The van der Waals surface area contributed by atoms with E-state index in [1.54, 1.807) is 13.2 Å². The zero-order chi connectivity index (χ0) is 25.4. The van der Waals surface area contributed by atoms with Gasteiger partial charge < -0.3 is 20.5 Å². The van der Waals surface area contributed by atoms with Crippen LogP contribution in [0.2, 0.25) is 0 Å². The van der Waals surface area contributed by atoms with Gasteiger partial charge in [0.1, 0.15) is 12.1 Å². The molecule has 2 aromatic carbocycles. The van der Waals surface area contributed by atoms with Crippen LogP contribution in [0.25, 0.3) is 17.0 Å². The minimum Gasteiger partial charge on any atom is -0.361 e. The van der Waals surface area contributed by atoms with Crippen LogP contribution in [-0.4, -0.2) is 46.7 Å². The number of hydrogen-bond donors (Lipinski definition) is 3. The molecule has 35 heavy (non-hydrogen) atoms. The first-order valence-electron chi connectivity index (χ1n) is 11.9. The predicted molar refractivity (Wildman–Crippen MR) is 139 cm³/mol. The molecule has 3 rings (SSSR count). The fraction of sp³-hybridized carbons (Fsp3) is 0.321. The van der Waals surface area contributed by atoms with E-state index in [-0.39, 0.29) is 23.6 Å². The summed E-state index contributed by atoms with van der Waals surface area (Å²) in [5, 5.41) is 6.65. The van der Waals surface area contributed by atoms with E-state index in [9.17, 15) is 14.4 Å². The van der Waals surface area contributed by atoms with Gasteiger partial charge in [-0.2, -0.15) is 0 Å². The monoisotopic (exact) mass is 474 g/mol. The number of nitrogens with zero attached hydrogens (tertiary/aromatic N) is 1. The molecular formula is C28H34N4O3. The first-order valence-corrected chi connectivity index (χ1v) is 11.9. The van der Waals surface area contributed by atoms with E-state index in [1.165, 1.54) is 11.8 Å². The van der Waals surface area contributed by atoms with Crippen molar-refractivity contribution in [1.82, 2.24) is 20.5 Å². The van der Waals surface area contributed by atoms with Crippen LogP contribution in [0, 0.1) is 5.92 Å². The molecule has 3 N–H and O–H groups in total. The van der Waals surface area contributed by atoms with Crippen LogP contribution in [0.15, 0.2) is 67.0 Å². The number of carbonyl (C=O) groups excluding carboxylic acids is 3. The van der Waals surface area contributed by atoms with Crippen molar-refractivity contribution < 1.29 is 14.4 Å². The Kier molecular flexibility index (Phi) is 8.84. The number of carbonyl (C=O) groups is 3. The number of benzene rings is 2. The maximum atomic E-state index is 13.4. The summed E-state index contributed by atoms with van der Waals surface area (Å²) in [5.74, 6) is -0.662. The van der Waals surface area contributed by atoms with Gasteiger partial charge in [-0.1, -0.05) is 62.4 Å². The quantitative estimate of drug-likeness (QED) is 0.416. The number of aromatic nitrogens is 1. The summed E-state index contributed by atoms with van der Waals surface area (Å²) in [5.41, 5.74) is 2.90. The lowest BCUT2D eigenvalue weighted by Gasteiger charge is -2.31. The van der Waals surface area contributed by atoms with Gasteiger partial charge in [0.2, 0.25) is 17.7 Å². The standard InChI is InChI=1S/C28H34N4O3/c1-19(2)16-25(31-20(3)33)28(35)32(4)26(17-21-10-6-5-7-11-21)27(34)29-15-14-22-18-30-24-13-9-8-12-23(22)24/h5-15,18-19,25-26,30H,16-17H2,1-4H3,(H,29,34)(H,31,33)/b15-14-/t25-,26-/m0/s1. The number of nitrogens with one attached hydrogen (secondary N) is 3. The number of H-pyrrole nitrogens is 1. The zero-order valence-electron chi connectivity index (χ0n) is 20.7. The van der Waals surface area contributed by atoms with Crippen LogP contribution < -0.4 is 10.6 Å². The molecule has 0 saturated carbocycles. The number of amides is 3. The molecule has 0 bridgehead atoms. The molecule has 0 spiro atoms. The molecule has 1 heterocycles. The van der Waals surface area contributed by atoms with E-state index >= 15 is 0 Å². The highest BCUT2D eigenvalue weighted by Gasteiger charge is 2.32. The molecule has 0 aliphatic rings. The summed E-state index contributed by atoms with van der Waals surface area (Å²) in [6.07, 6.45) is 6.16. The highest BCUT2D eigenvalue weighted by Crippen LogP contribution is 2.19. The second-order valence-electron chi connectivity index (χ2n) is 9.17. The highest BCUT2D eigenvalue weighted by atomic mass is 16.2. The summed E-state index contributed by atoms with van der Waals surface area (Å²) in [6.45, 7) is 5.38. The molecule has 7 nitrogen and oxygen atoms in total. The molecule has 184 valence electrons. The lowest BCUT2D eigenvalue weighted by Crippen LogP contribution is -2.54. The second kappa shape index (κ2) is 12.0. The molecule has 0 unspecified atom stereocenters. The molecule has 7 heteroatoms. The van der Waals surface area contributed by atoms with Crippen molar-refractivity contribution >= 4 is 34.7 Å². The first-order chi connectivity index (χ1) is 16.8. The van der Waals surface area contributed by atoms with E-state index in [1.807, 2.05) is 80.7 Å². The zero-order valence-corrected chi connectivity index (χ0v) is 20.7. The van der Waals surface area contributed by atoms with Crippen LogP contribution in [0.1, 0.15) is 38.3 Å². The fourth-order valence-electron chi connectivity index (χ4n) is 4.12. The molecule has 2 atom stereocenters. The minimum absolute atomic E-state index is 0.199. The molecular weight excluding hydrogens is 440 g/mol. The van der Waals surface area contributed by atoms with Gasteiger partial charge in [-0.05, 0) is 30.0 Å². The number of likely N-dealkylation sites (N-methyl/N-ethyl adjacent to an activating group) is 1. The molecule has 3 aromatic rings. The van der Waals surface area contributed by atoms with Crippen molar-refractivity contribution in [3.05, 3.63) is 78.1 Å². The Hall–Kier alpha value is -3.87. The third kappa shape index (κ3) is 7.06. The SMILES string of the molecule is CC(=O)N[C@@H](CC(C)C)C(=O)N(C)[C@@H](Cc1ccccc1)C(=O)N/C=C\c1c[nH]c2ccccc12. The van der Waals surface area contributed by atoms with E-state index in [2.05, 4.69) is 15.6 Å². The predicted octanol–water partition coefficient (Wildman–Crippen LogP) is 3.88. The maximum Gasteiger partial charge on any atom is 0.247 e. The maximum absolute atomic E-state index is 13.4. The van der Waals surface area contributed by atoms with Crippen molar-refractivity contribution in [2.45, 2.75) is 45.7 Å². The van der Waals surface area contributed by atoms with Gasteiger partial charge in [0.05, 0.1) is 0 Å². The molecule has 0 aliphatic heterocycles. The Bertz CT molecular complexity index is 1180. The lowest BCUT2D eigenvalue weighted by molar-refractivity contribution is -0.141. The number of rotatable bonds is 10. The van der Waals surface area contributed by atoms with Gasteiger partial charge in [-0.15, -0.1) is 0 Å². The van der Waals surface area contributed by atoms with Crippen LogP contribution in [-0.2, 0) is 20.8 Å². The van der Waals surface area contributed by atoms with Crippen LogP contribution in [0.3, 0.4) is 0 Å². The van der Waals surface area contributed by atoms with Gasteiger partial charge in [-0.3, -0.25) is 14.4 Å². The van der Waals surface area contributed by atoms with Crippen molar-refractivity contribution in [3.8, 4) is 0 Å². The van der Waals surface area contributed by atoms with Gasteiger partial charge in [0.15, 0.2) is 0 Å².